The van der Waals surface area contributed by atoms with E-state index in [1.807, 2.05) is 44.2 Å². The molecule has 0 amide bonds. The Bertz CT molecular complexity index is 1250. The van der Waals surface area contributed by atoms with Gasteiger partial charge in [-0.1, -0.05) is 50.8 Å². The molecule has 7 nitrogen and oxygen atoms in total. The molecule has 2 bridgehead atoms. The normalized spacial score (nSPS) is 48.2. The monoisotopic (exact) mass is 506 g/mol. The fraction of sp³-hybridized carbons (Fsp3) is 0.633. The number of ketones is 2. The minimum atomic E-state index is -2.12. The van der Waals surface area contributed by atoms with E-state index in [1.165, 1.54) is 0 Å². The van der Waals surface area contributed by atoms with Crippen molar-refractivity contribution in [3.8, 4) is 0 Å². The van der Waals surface area contributed by atoms with Crippen LogP contribution in [0.3, 0.4) is 0 Å². The van der Waals surface area contributed by atoms with Crippen molar-refractivity contribution in [2.75, 3.05) is 6.61 Å². The van der Waals surface area contributed by atoms with Gasteiger partial charge in [0.25, 0.3) is 0 Å². The molecule has 196 valence electrons. The summed E-state index contributed by atoms with van der Waals surface area (Å²) in [6, 6.07) is 9.59. The maximum absolute atomic E-state index is 14.4. The topological polar surface area (TPSA) is 110 Å². The molecule has 8 rings (SSSR count). The summed E-state index contributed by atoms with van der Waals surface area (Å²) in [7, 11) is 0. The fourth-order valence-corrected chi connectivity index (χ4v) is 10.0. The minimum absolute atomic E-state index is 0.00931. The lowest BCUT2D eigenvalue weighted by atomic mass is 9.21. The number of rotatable bonds is 4. The molecule has 1 aromatic rings. The molecule has 7 aliphatic rings. The van der Waals surface area contributed by atoms with E-state index in [2.05, 4.69) is 6.58 Å². The number of esters is 1. The van der Waals surface area contributed by atoms with Crippen molar-refractivity contribution in [1.29, 1.82) is 0 Å². The molecule has 2 spiro atoms. The van der Waals surface area contributed by atoms with E-state index in [-0.39, 0.29) is 24.7 Å². The molecule has 0 aromatic heterocycles. The van der Waals surface area contributed by atoms with Gasteiger partial charge in [0.05, 0.1) is 12.0 Å². The first kappa shape index (κ1) is 23.7. The average Bonchev–Trinajstić information content (AvgIpc) is 2.88. The predicted molar refractivity (Wildman–Crippen MR) is 131 cm³/mol. The number of ether oxygens (including phenoxy) is 2. The van der Waals surface area contributed by atoms with Gasteiger partial charge in [-0.15, -0.1) is 0 Å². The van der Waals surface area contributed by atoms with Crippen molar-refractivity contribution in [3.63, 3.8) is 0 Å². The van der Waals surface area contributed by atoms with E-state index in [0.717, 1.165) is 5.56 Å². The Labute approximate surface area is 216 Å². The molecule has 7 fully saturated rings. The second-order valence-electron chi connectivity index (χ2n) is 13.0. The third-order valence-corrected chi connectivity index (χ3v) is 11.4. The van der Waals surface area contributed by atoms with Crippen LogP contribution >= 0.6 is 0 Å². The summed E-state index contributed by atoms with van der Waals surface area (Å²) in [4.78, 5) is 41.2. The molecule has 9 atom stereocenters. The average molecular weight is 507 g/mol. The van der Waals surface area contributed by atoms with Crippen molar-refractivity contribution < 1.29 is 34.1 Å². The van der Waals surface area contributed by atoms with Crippen LogP contribution in [0.5, 0.6) is 0 Å². The third kappa shape index (κ3) is 2.32. The van der Waals surface area contributed by atoms with Crippen LogP contribution in [-0.4, -0.2) is 51.8 Å². The zero-order valence-electron chi connectivity index (χ0n) is 21.4. The fourth-order valence-electron chi connectivity index (χ4n) is 10.0. The van der Waals surface area contributed by atoms with Crippen LogP contribution in [0.4, 0.5) is 0 Å². The summed E-state index contributed by atoms with van der Waals surface area (Å²) in [5, 5.41) is 23.8. The second-order valence-corrected chi connectivity index (χ2v) is 13.0. The summed E-state index contributed by atoms with van der Waals surface area (Å²) >= 11 is 0. The minimum Gasteiger partial charge on any atom is -0.446 e. The molecule has 37 heavy (non-hydrogen) atoms. The summed E-state index contributed by atoms with van der Waals surface area (Å²) in [5.74, 6) is -4.69. The van der Waals surface area contributed by atoms with Crippen molar-refractivity contribution >= 4 is 17.5 Å². The van der Waals surface area contributed by atoms with Crippen LogP contribution in [0, 0.1) is 39.9 Å². The lowest BCUT2D eigenvalue weighted by Crippen LogP contribution is -2.96. The number of hydrogen-bond acceptors (Lipinski definition) is 7. The maximum Gasteiger partial charge on any atom is 0.307 e. The van der Waals surface area contributed by atoms with Gasteiger partial charge in [0.2, 0.25) is 5.79 Å². The molecule has 2 aliphatic heterocycles. The Morgan fingerprint density at radius 2 is 1.89 bits per heavy atom. The number of carbonyl (C=O) groups excluding carboxylic acids is 3. The quantitative estimate of drug-likeness (QED) is 0.477. The SMILES string of the molecule is C=C1C2CCC3C45COC(O)(C(O)C4C(C)(C)CCC5=O)C34C(=O)C1(OC(=O)CCc1ccccc1)C24. The highest BCUT2D eigenvalue weighted by atomic mass is 16.6. The van der Waals surface area contributed by atoms with E-state index >= 15 is 0 Å². The molecule has 5 aliphatic carbocycles. The lowest BCUT2D eigenvalue weighted by molar-refractivity contribution is -0.465. The van der Waals surface area contributed by atoms with Crippen LogP contribution in [0.1, 0.15) is 51.5 Å². The predicted octanol–water partition coefficient (Wildman–Crippen LogP) is 2.77. The Balaban J connectivity index is 1.27. The van der Waals surface area contributed by atoms with E-state index in [4.69, 9.17) is 9.47 Å². The van der Waals surface area contributed by atoms with Gasteiger partial charge in [-0.25, -0.2) is 0 Å². The highest BCUT2D eigenvalue weighted by Crippen LogP contribution is 2.85. The van der Waals surface area contributed by atoms with Crippen molar-refractivity contribution in [2.45, 2.75) is 69.9 Å². The molecule has 2 heterocycles. The van der Waals surface area contributed by atoms with Crippen molar-refractivity contribution in [2.24, 2.45) is 39.9 Å². The molecule has 7 heteroatoms. The first-order valence-electron chi connectivity index (χ1n) is 13.6. The van der Waals surface area contributed by atoms with Crippen LogP contribution in [0.15, 0.2) is 42.5 Å². The molecule has 0 radical (unpaired) electrons. The molecular formula is C30H34O7. The number of fused-ring (bicyclic) bond motifs is 1. The zero-order chi connectivity index (χ0) is 26.2. The lowest BCUT2D eigenvalue weighted by Gasteiger charge is -2.83. The number of aryl methyl sites for hydroxylation is 1. The number of aliphatic hydroxyl groups is 2. The van der Waals surface area contributed by atoms with E-state index < -0.39 is 63.2 Å². The van der Waals surface area contributed by atoms with Gasteiger partial charge in [-0.2, -0.15) is 0 Å². The Morgan fingerprint density at radius 3 is 2.62 bits per heavy atom. The molecule has 2 N–H and O–H groups in total. The van der Waals surface area contributed by atoms with E-state index in [1.54, 1.807) is 0 Å². The number of Topliss-reactive ketones (excluding diaryl/α,β-unsaturated/α-hetero) is 2. The number of aliphatic hydroxyl groups excluding tert-OH is 1. The third-order valence-electron chi connectivity index (χ3n) is 11.4. The van der Waals surface area contributed by atoms with Gasteiger partial charge in [-0.05, 0) is 54.1 Å². The second kappa shape index (κ2) is 6.99. The van der Waals surface area contributed by atoms with Gasteiger partial charge >= 0.3 is 5.97 Å². The largest absolute Gasteiger partial charge is 0.446 e. The highest BCUT2D eigenvalue weighted by Gasteiger charge is 2.97. The van der Waals surface area contributed by atoms with Crippen LogP contribution in [0.25, 0.3) is 0 Å². The Kier molecular flexibility index (Phi) is 4.48. The van der Waals surface area contributed by atoms with Crippen molar-refractivity contribution in [3.05, 3.63) is 48.0 Å². The first-order valence-corrected chi connectivity index (χ1v) is 13.6. The van der Waals surface area contributed by atoms with E-state index in [9.17, 15) is 24.6 Å². The summed E-state index contributed by atoms with van der Waals surface area (Å²) in [6.07, 6.45) is 1.46. The molecule has 2 saturated heterocycles. The van der Waals surface area contributed by atoms with E-state index in [0.29, 0.717) is 37.7 Å². The smallest absolute Gasteiger partial charge is 0.307 e. The molecule has 9 unspecified atom stereocenters. The van der Waals surface area contributed by atoms with Crippen LogP contribution < -0.4 is 0 Å². The number of carbonyl (C=O) groups is 3. The van der Waals surface area contributed by atoms with Gasteiger partial charge in [-0.3, -0.25) is 14.4 Å². The Hall–Kier alpha value is -2.35. The molecule has 5 saturated carbocycles. The highest BCUT2D eigenvalue weighted by molar-refractivity contribution is 6.09. The van der Waals surface area contributed by atoms with Crippen molar-refractivity contribution in [1.82, 2.24) is 0 Å². The molecular weight excluding hydrogens is 472 g/mol. The number of hydrogen-bond donors (Lipinski definition) is 2. The van der Waals surface area contributed by atoms with Gasteiger partial charge in [0.15, 0.2) is 11.4 Å². The van der Waals surface area contributed by atoms with Gasteiger partial charge < -0.3 is 19.7 Å². The Morgan fingerprint density at radius 1 is 1.16 bits per heavy atom. The first-order chi connectivity index (χ1) is 17.5. The zero-order valence-corrected chi connectivity index (χ0v) is 21.4. The molecule has 1 aromatic carbocycles. The van der Waals surface area contributed by atoms with Crippen LogP contribution in [0.2, 0.25) is 0 Å². The standard InChI is InChI=1S/C30H34O7/c1-16-18-10-11-19-27-15-36-30(35,24(33)23(27)26(2,3)14-13-20(27)31)28(19)22(18)29(16,25(28)34)37-21(32)12-9-17-7-5-4-6-8-17/h4-8,18-19,22-24,33,35H,1,9-15H2,2-3H3. The summed E-state index contributed by atoms with van der Waals surface area (Å²) in [5.41, 5.74) is -2.85. The summed E-state index contributed by atoms with van der Waals surface area (Å²) < 4.78 is 12.0. The van der Waals surface area contributed by atoms with Crippen LogP contribution in [-0.2, 0) is 30.3 Å². The number of benzene rings is 1. The summed E-state index contributed by atoms with van der Waals surface area (Å²) in [6.45, 7) is 8.24. The van der Waals surface area contributed by atoms with Gasteiger partial charge in [0.1, 0.15) is 17.3 Å². The maximum atomic E-state index is 14.4. The van der Waals surface area contributed by atoms with Gasteiger partial charge in [0, 0.05) is 24.7 Å².